The Morgan fingerprint density at radius 2 is 2.23 bits per heavy atom. The van der Waals surface area contributed by atoms with Gasteiger partial charge in [-0.05, 0) is 12.8 Å². The maximum atomic E-state index is 12.5. The first kappa shape index (κ1) is 15.4. The Bertz CT molecular complexity index is 511. The predicted molar refractivity (Wildman–Crippen MR) is 77.5 cm³/mol. The van der Waals surface area contributed by atoms with E-state index in [9.17, 15) is 4.79 Å². The molecule has 1 aromatic heterocycles. The fraction of sp³-hybridized carbons (Fsp3) is 0.800. The highest BCUT2D eigenvalue weighted by atomic mass is 16.6. The van der Waals surface area contributed by atoms with Gasteiger partial charge in [0.25, 0.3) is 5.91 Å². The Labute approximate surface area is 129 Å². The minimum absolute atomic E-state index is 0.0111. The van der Waals surface area contributed by atoms with E-state index in [1.807, 2.05) is 18.7 Å². The van der Waals surface area contributed by atoms with Gasteiger partial charge in [0.1, 0.15) is 0 Å². The van der Waals surface area contributed by atoms with E-state index in [1.165, 1.54) is 0 Å². The molecule has 122 valence electrons. The van der Waals surface area contributed by atoms with Crippen molar-refractivity contribution in [2.24, 2.45) is 0 Å². The fourth-order valence-electron chi connectivity index (χ4n) is 2.87. The van der Waals surface area contributed by atoms with Gasteiger partial charge in [0, 0.05) is 24.9 Å². The molecular formula is C15H23N3O4. The number of rotatable bonds is 3. The Balaban J connectivity index is 1.64. The lowest BCUT2D eigenvalue weighted by Gasteiger charge is -2.34. The molecule has 0 radical (unpaired) electrons. The summed E-state index contributed by atoms with van der Waals surface area (Å²) in [5.41, 5.74) is 0. The Kier molecular flexibility index (Phi) is 4.73. The van der Waals surface area contributed by atoms with Crippen LogP contribution in [0.5, 0.6) is 0 Å². The third-order valence-electron chi connectivity index (χ3n) is 4.14. The molecule has 0 aromatic carbocycles. The van der Waals surface area contributed by atoms with E-state index in [-0.39, 0.29) is 17.7 Å². The van der Waals surface area contributed by atoms with Crippen molar-refractivity contribution in [3.8, 4) is 0 Å². The maximum absolute atomic E-state index is 12.5. The second kappa shape index (κ2) is 6.75. The van der Waals surface area contributed by atoms with Gasteiger partial charge in [-0.1, -0.05) is 19.0 Å². The summed E-state index contributed by atoms with van der Waals surface area (Å²) in [5.74, 6) is 1.73. The van der Waals surface area contributed by atoms with Crippen LogP contribution in [0, 0.1) is 0 Å². The molecule has 2 unspecified atom stereocenters. The maximum Gasteiger partial charge on any atom is 0.254 e. The van der Waals surface area contributed by atoms with Crippen molar-refractivity contribution in [3.05, 3.63) is 11.7 Å². The molecule has 2 aliphatic heterocycles. The number of carbonyl (C=O) groups is 1. The van der Waals surface area contributed by atoms with Crippen molar-refractivity contribution in [2.45, 2.75) is 44.6 Å². The summed E-state index contributed by atoms with van der Waals surface area (Å²) in [4.78, 5) is 18.8. The number of nitrogens with zero attached hydrogens (tertiary/aromatic N) is 3. The average molecular weight is 309 g/mol. The van der Waals surface area contributed by atoms with Crippen molar-refractivity contribution < 1.29 is 18.8 Å². The molecule has 7 nitrogen and oxygen atoms in total. The van der Waals surface area contributed by atoms with Crippen LogP contribution in [0.1, 0.15) is 50.2 Å². The van der Waals surface area contributed by atoms with Crippen molar-refractivity contribution in [3.63, 3.8) is 0 Å². The fourth-order valence-corrected chi connectivity index (χ4v) is 2.87. The minimum atomic E-state index is -0.469. The molecule has 0 bridgehead atoms. The van der Waals surface area contributed by atoms with E-state index in [1.54, 1.807) is 0 Å². The monoisotopic (exact) mass is 309 g/mol. The zero-order chi connectivity index (χ0) is 15.5. The van der Waals surface area contributed by atoms with Gasteiger partial charge in [0.15, 0.2) is 11.9 Å². The van der Waals surface area contributed by atoms with Crippen LogP contribution in [-0.4, -0.2) is 60.0 Å². The minimum Gasteiger partial charge on any atom is -0.376 e. The molecule has 2 fully saturated rings. The molecule has 22 heavy (non-hydrogen) atoms. The molecule has 2 atom stereocenters. The highest BCUT2D eigenvalue weighted by Crippen LogP contribution is 2.26. The summed E-state index contributed by atoms with van der Waals surface area (Å²) >= 11 is 0. The van der Waals surface area contributed by atoms with Gasteiger partial charge in [0.2, 0.25) is 5.89 Å². The number of hydrogen-bond acceptors (Lipinski definition) is 6. The normalized spacial score (nSPS) is 26.4. The molecule has 1 aromatic rings. The highest BCUT2D eigenvalue weighted by Gasteiger charge is 2.33. The first-order valence-electron chi connectivity index (χ1n) is 7.96. The quantitative estimate of drug-likeness (QED) is 0.838. The van der Waals surface area contributed by atoms with Gasteiger partial charge in [-0.15, -0.1) is 0 Å². The van der Waals surface area contributed by atoms with Gasteiger partial charge >= 0.3 is 0 Å². The molecule has 0 spiro atoms. The molecule has 7 heteroatoms. The van der Waals surface area contributed by atoms with Crippen LogP contribution in [-0.2, 0) is 14.3 Å². The predicted octanol–water partition coefficient (Wildman–Crippen LogP) is 1.31. The zero-order valence-corrected chi connectivity index (χ0v) is 13.2. The van der Waals surface area contributed by atoms with Crippen LogP contribution >= 0.6 is 0 Å². The Morgan fingerprint density at radius 1 is 1.36 bits per heavy atom. The molecule has 2 saturated heterocycles. The van der Waals surface area contributed by atoms with Crippen molar-refractivity contribution in [1.29, 1.82) is 0 Å². The molecule has 0 aliphatic carbocycles. The number of aromatic nitrogens is 2. The van der Waals surface area contributed by atoms with Crippen LogP contribution in [0.25, 0.3) is 0 Å². The summed E-state index contributed by atoms with van der Waals surface area (Å²) in [6, 6.07) is 0. The third-order valence-corrected chi connectivity index (χ3v) is 4.14. The number of piperidine rings is 1. The Hall–Kier alpha value is -1.47. The second-order valence-electron chi connectivity index (χ2n) is 6.20. The van der Waals surface area contributed by atoms with Crippen LogP contribution in [0.4, 0.5) is 0 Å². The van der Waals surface area contributed by atoms with Gasteiger partial charge in [0.05, 0.1) is 19.8 Å². The van der Waals surface area contributed by atoms with Crippen LogP contribution in [0.15, 0.2) is 4.52 Å². The number of likely N-dealkylation sites (tertiary alicyclic amines) is 1. The number of amides is 1. The number of hydrogen-bond donors (Lipinski definition) is 0. The third kappa shape index (κ3) is 3.30. The summed E-state index contributed by atoms with van der Waals surface area (Å²) < 4.78 is 16.1. The topological polar surface area (TPSA) is 77.7 Å². The number of ether oxygens (including phenoxy) is 2. The molecule has 2 aliphatic rings. The van der Waals surface area contributed by atoms with Gasteiger partial charge in [-0.3, -0.25) is 4.79 Å². The van der Waals surface area contributed by atoms with E-state index in [2.05, 4.69) is 10.1 Å². The van der Waals surface area contributed by atoms with E-state index < -0.39 is 6.10 Å². The zero-order valence-electron chi connectivity index (χ0n) is 13.2. The first-order chi connectivity index (χ1) is 10.6. The van der Waals surface area contributed by atoms with Crippen molar-refractivity contribution in [1.82, 2.24) is 15.0 Å². The molecule has 0 N–H and O–H groups in total. The van der Waals surface area contributed by atoms with Crippen molar-refractivity contribution in [2.75, 3.05) is 32.9 Å². The molecule has 1 amide bonds. The highest BCUT2D eigenvalue weighted by molar-refractivity contribution is 5.81. The van der Waals surface area contributed by atoms with Gasteiger partial charge in [-0.2, -0.15) is 4.98 Å². The largest absolute Gasteiger partial charge is 0.376 e. The second-order valence-corrected chi connectivity index (χ2v) is 6.20. The first-order valence-corrected chi connectivity index (χ1v) is 7.96. The smallest absolute Gasteiger partial charge is 0.254 e. The summed E-state index contributed by atoms with van der Waals surface area (Å²) in [7, 11) is 0. The Morgan fingerprint density at radius 3 is 2.91 bits per heavy atom. The summed E-state index contributed by atoms with van der Waals surface area (Å²) in [5, 5.41) is 4.09. The molecule has 0 saturated carbocycles. The van der Waals surface area contributed by atoms with Crippen LogP contribution in [0.2, 0.25) is 0 Å². The number of carbonyl (C=O) groups excluding carboxylic acids is 1. The summed E-state index contributed by atoms with van der Waals surface area (Å²) in [6.07, 6.45) is 1.45. The van der Waals surface area contributed by atoms with Gasteiger partial charge in [-0.25, -0.2) is 0 Å². The van der Waals surface area contributed by atoms with Crippen LogP contribution in [0.3, 0.4) is 0 Å². The van der Waals surface area contributed by atoms with E-state index in [0.717, 1.165) is 19.4 Å². The van der Waals surface area contributed by atoms with Crippen LogP contribution < -0.4 is 0 Å². The summed E-state index contributed by atoms with van der Waals surface area (Å²) in [6.45, 7) is 6.81. The van der Waals surface area contributed by atoms with Crippen molar-refractivity contribution >= 4 is 5.91 Å². The molecular weight excluding hydrogens is 286 g/mol. The van der Waals surface area contributed by atoms with E-state index >= 15 is 0 Å². The lowest BCUT2D eigenvalue weighted by molar-refractivity contribution is -0.159. The standard InChI is InChI=1S/C15H23N3O4/c1-10(2)14-16-13(17-22-14)11-4-3-5-18(8-11)15(19)12-9-20-6-7-21-12/h10-12H,3-9H2,1-2H3. The lowest BCUT2D eigenvalue weighted by Crippen LogP contribution is -2.48. The molecule has 3 rings (SSSR count). The van der Waals surface area contributed by atoms with E-state index in [0.29, 0.717) is 38.1 Å². The lowest BCUT2D eigenvalue weighted by atomic mass is 9.97. The van der Waals surface area contributed by atoms with E-state index in [4.69, 9.17) is 14.0 Å². The van der Waals surface area contributed by atoms with Gasteiger partial charge < -0.3 is 18.9 Å². The SMILES string of the molecule is CC(C)c1nc(C2CCCN(C(=O)C3COCCO3)C2)no1. The average Bonchev–Trinajstić information content (AvgIpc) is 3.05. The molecule has 3 heterocycles.